The van der Waals surface area contributed by atoms with Crippen LogP contribution in [-0.2, 0) is 0 Å². The van der Waals surface area contributed by atoms with Gasteiger partial charge in [0.15, 0.2) is 0 Å². The molecule has 0 radical (unpaired) electrons. The van der Waals surface area contributed by atoms with Crippen molar-refractivity contribution in [1.29, 1.82) is 0 Å². The predicted molar refractivity (Wildman–Crippen MR) is 84.1 cm³/mol. The third-order valence-corrected chi connectivity index (χ3v) is 5.18. The van der Waals surface area contributed by atoms with Crippen LogP contribution in [0.15, 0.2) is 24.4 Å². The van der Waals surface area contributed by atoms with E-state index in [1.54, 1.807) is 0 Å². The van der Waals surface area contributed by atoms with Crippen LogP contribution in [0.3, 0.4) is 0 Å². The molecule has 3 heterocycles. The lowest BCUT2D eigenvalue weighted by Gasteiger charge is -2.41. The number of rotatable bonds is 1. The maximum Gasteiger partial charge on any atom is 0.128 e. The molecule has 2 saturated heterocycles. The first kappa shape index (κ1) is 13.9. The molecule has 2 fully saturated rings. The number of anilines is 1. The van der Waals surface area contributed by atoms with Crippen molar-refractivity contribution in [3.63, 3.8) is 0 Å². The highest BCUT2D eigenvalue weighted by molar-refractivity contribution is 5.38. The van der Waals surface area contributed by atoms with E-state index in [2.05, 4.69) is 47.7 Å². The summed E-state index contributed by atoms with van der Waals surface area (Å²) in [4.78, 5) is 9.61. The molecule has 3 rings (SSSR count). The van der Waals surface area contributed by atoms with E-state index in [9.17, 15) is 0 Å². The lowest BCUT2D eigenvalue weighted by Crippen LogP contribution is -2.45. The highest BCUT2D eigenvalue weighted by Crippen LogP contribution is 2.42. The summed E-state index contributed by atoms with van der Waals surface area (Å²) in [5.74, 6) is 1.15. The number of hydrogen-bond acceptors (Lipinski definition) is 3. The van der Waals surface area contributed by atoms with Gasteiger partial charge in [-0.15, -0.1) is 0 Å². The van der Waals surface area contributed by atoms with Gasteiger partial charge in [0.1, 0.15) is 5.82 Å². The van der Waals surface area contributed by atoms with Crippen LogP contribution in [0.1, 0.15) is 40.0 Å². The molecule has 0 aromatic carbocycles. The van der Waals surface area contributed by atoms with Gasteiger partial charge in [0.2, 0.25) is 0 Å². The molecular formula is C17H27N3. The monoisotopic (exact) mass is 273 g/mol. The lowest BCUT2D eigenvalue weighted by molar-refractivity contribution is 0.135. The number of aromatic nitrogens is 1. The third kappa shape index (κ3) is 2.69. The first-order chi connectivity index (χ1) is 9.49. The SMILES string of the molecule is CC(C)(C)N1CCC2(CCN(c3ccccn3)CC2)C1. The van der Waals surface area contributed by atoms with E-state index in [4.69, 9.17) is 0 Å². The zero-order valence-corrected chi connectivity index (χ0v) is 13.1. The normalized spacial score (nSPS) is 23.4. The highest BCUT2D eigenvalue weighted by Gasteiger charge is 2.43. The Morgan fingerprint density at radius 1 is 1.05 bits per heavy atom. The largest absolute Gasteiger partial charge is 0.357 e. The van der Waals surface area contributed by atoms with Crippen LogP contribution >= 0.6 is 0 Å². The molecule has 0 unspecified atom stereocenters. The van der Waals surface area contributed by atoms with Crippen molar-refractivity contribution in [2.24, 2.45) is 5.41 Å². The molecular weight excluding hydrogens is 246 g/mol. The predicted octanol–water partition coefficient (Wildman–Crippen LogP) is 3.17. The van der Waals surface area contributed by atoms with Crippen LogP contribution in [0.4, 0.5) is 5.82 Å². The molecule has 1 aromatic heterocycles. The fourth-order valence-corrected chi connectivity index (χ4v) is 3.67. The molecule has 0 atom stereocenters. The zero-order chi connectivity index (χ0) is 14.2. The Morgan fingerprint density at radius 3 is 2.30 bits per heavy atom. The summed E-state index contributed by atoms with van der Waals surface area (Å²) in [6, 6.07) is 6.21. The Bertz CT molecular complexity index is 441. The Morgan fingerprint density at radius 2 is 1.75 bits per heavy atom. The molecule has 0 aliphatic carbocycles. The van der Waals surface area contributed by atoms with Crippen LogP contribution < -0.4 is 4.90 Å². The number of pyridine rings is 1. The molecule has 0 saturated carbocycles. The van der Waals surface area contributed by atoms with Gasteiger partial charge in [-0.05, 0) is 64.1 Å². The van der Waals surface area contributed by atoms with Gasteiger partial charge in [-0.2, -0.15) is 0 Å². The number of hydrogen-bond donors (Lipinski definition) is 0. The van der Waals surface area contributed by atoms with Crippen LogP contribution in [-0.4, -0.2) is 41.6 Å². The number of likely N-dealkylation sites (tertiary alicyclic amines) is 1. The highest BCUT2D eigenvalue weighted by atomic mass is 15.2. The van der Waals surface area contributed by atoms with Crippen molar-refractivity contribution in [2.45, 2.75) is 45.6 Å². The Kier molecular flexibility index (Phi) is 3.49. The van der Waals surface area contributed by atoms with Gasteiger partial charge >= 0.3 is 0 Å². The minimum atomic E-state index is 0.321. The second-order valence-electron chi connectivity index (χ2n) is 7.52. The average Bonchev–Trinajstić information content (AvgIpc) is 2.85. The summed E-state index contributed by atoms with van der Waals surface area (Å²) in [5, 5.41) is 0. The van der Waals surface area contributed by atoms with Gasteiger partial charge in [-0.25, -0.2) is 4.98 Å². The van der Waals surface area contributed by atoms with Crippen molar-refractivity contribution in [1.82, 2.24) is 9.88 Å². The Balaban J connectivity index is 1.62. The molecule has 3 heteroatoms. The summed E-state index contributed by atoms with van der Waals surface area (Å²) < 4.78 is 0. The molecule has 1 aromatic rings. The molecule has 20 heavy (non-hydrogen) atoms. The minimum absolute atomic E-state index is 0.321. The van der Waals surface area contributed by atoms with E-state index in [0.717, 1.165) is 18.9 Å². The maximum atomic E-state index is 4.49. The second kappa shape index (κ2) is 5.03. The van der Waals surface area contributed by atoms with E-state index in [0.29, 0.717) is 11.0 Å². The van der Waals surface area contributed by atoms with Crippen molar-refractivity contribution in [3.8, 4) is 0 Å². The molecule has 0 bridgehead atoms. The first-order valence-corrected chi connectivity index (χ1v) is 7.90. The minimum Gasteiger partial charge on any atom is -0.357 e. The second-order valence-corrected chi connectivity index (χ2v) is 7.52. The van der Waals surface area contributed by atoms with Crippen LogP contribution in [0, 0.1) is 5.41 Å². The fraction of sp³-hybridized carbons (Fsp3) is 0.706. The standard InChI is InChI=1S/C17H27N3/c1-16(2,3)20-13-9-17(14-20)7-11-19(12-8-17)15-6-4-5-10-18-15/h4-6,10H,7-9,11-14H2,1-3H3. The molecule has 0 N–H and O–H groups in total. The first-order valence-electron chi connectivity index (χ1n) is 7.90. The van der Waals surface area contributed by atoms with Crippen LogP contribution in [0.25, 0.3) is 0 Å². The van der Waals surface area contributed by atoms with Crippen molar-refractivity contribution in [2.75, 3.05) is 31.1 Å². The Hall–Kier alpha value is -1.09. The average molecular weight is 273 g/mol. The summed E-state index contributed by atoms with van der Waals surface area (Å²) in [6.45, 7) is 11.9. The number of nitrogens with zero attached hydrogens (tertiary/aromatic N) is 3. The van der Waals surface area contributed by atoms with E-state index < -0.39 is 0 Å². The van der Waals surface area contributed by atoms with Gasteiger partial charge in [-0.1, -0.05) is 6.07 Å². The molecule has 1 spiro atoms. The van der Waals surface area contributed by atoms with E-state index in [-0.39, 0.29) is 0 Å². The van der Waals surface area contributed by atoms with E-state index in [1.807, 2.05) is 12.3 Å². The Labute approximate surface area is 123 Å². The van der Waals surface area contributed by atoms with Crippen molar-refractivity contribution < 1.29 is 0 Å². The van der Waals surface area contributed by atoms with E-state index in [1.165, 1.54) is 32.4 Å². The van der Waals surface area contributed by atoms with E-state index >= 15 is 0 Å². The third-order valence-electron chi connectivity index (χ3n) is 5.18. The topological polar surface area (TPSA) is 19.4 Å². The molecule has 0 amide bonds. The summed E-state index contributed by atoms with van der Waals surface area (Å²) in [6.07, 6.45) is 5.91. The summed E-state index contributed by atoms with van der Waals surface area (Å²) >= 11 is 0. The van der Waals surface area contributed by atoms with Gasteiger partial charge in [-0.3, -0.25) is 4.90 Å². The van der Waals surface area contributed by atoms with Gasteiger partial charge in [0.05, 0.1) is 0 Å². The fourth-order valence-electron chi connectivity index (χ4n) is 3.67. The van der Waals surface area contributed by atoms with Gasteiger partial charge < -0.3 is 4.90 Å². The maximum absolute atomic E-state index is 4.49. The number of piperidine rings is 1. The zero-order valence-electron chi connectivity index (χ0n) is 13.1. The molecule has 2 aliphatic heterocycles. The quantitative estimate of drug-likeness (QED) is 0.783. The van der Waals surface area contributed by atoms with Crippen molar-refractivity contribution >= 4 is 5.82 Å². The van der Waals surface area contributed by atoms with Gasteiger partial charge in [0, 0.05) is 31.4 Å². The summed E-state index contributed by atoms with van der Waals surface area (Å²) in [5.41, 5.74) is 0.889. The smallest absolute Gasteiger partial charge is 0.128 e. The lowest BCUT2D eigenvalue weighted by atomic mass is 9.77. The molecule has 110 valence electrons. The van der Waals surface area contributed by atoms with Crippen molar-refractivity contribution in [3.05, 3.63) is 24.4 Å². The molecule has 3 nitrogen and oxygen atoms in total. The van der Waals surface area contributed by atoms with Crippen LogP contribution in [0.5, 0.6) is 0 Å². The molecule has 2 aliphatic rings. The van der Waals surface area contributed by atoms with Gasteiger partial charge in [0.25, 0.3) is 0 Å². The summed E-state index contributed by atoms with van der Waals surface area (Å²) in [7, 11) is 0. The van der Waals surface area contributed by atoms with Crippen LogP contribution in [0.2, 0.25) is 0 Å².